The number of rotatable bonds is 6. The number of imidazole rings is 1. The second-order valence-corrected chi connectivity index (χ2v) is 6.89. The molecule has 0 saturated carbocycles. The molecule has 146 valence electrons. The zero-order valence-electron chi connectivity index (χ0n) is 16.4. The maximum atomic E-state index is 6.29. The average molecular weight is 397 g/mol. The summed E-state index contributed by atoms with van der Waals surface area (Å²) in [5, 5.41) is 4.10. The number of pyridine rings is 1. The Bertz CT molecular complexity index is 932. The van der Waals surface area contributed by atoms with Crippen molar-refractivity contribution in [1.82, 2.24) is 24.8 Å². The number of halogens is 1. The van der Waals surface area contributed by atoms with Crippen LogP contribution in [0.3, 0.4) is 0 Å². The number of aromatic nitrogens is 3. The van der Waals surface area contributed by atoms with Gasteiger partial charge in [-0.2, -0.15) is 0 Å². The summed E-state index contributed by atoms with van der Waals surface area (Å²) < 4.78 is 1.95. The molecule has 0 bridgehead atoms. The highest BCUT2D eigenvalue weighted by Gasteiger charge is 2.09. The SMILES string of the molecule is CCNC(=NCc1ccc(-n2ccnc2C)nc1)N(C)Cc1ccccc1Cl. The van der Waals surface area contributed by atoms with E-state index in [4.69, 9.17) is 16.6 Å². The van der Waals surface area contributed by atoms with E-state index in [9.17, 15) is 0 Å². The van der Waals surface area contributed by atoms with Gasteiger partial charge < -0.3 is 10.2 Å². The molecule has 0 spiro atoms. The Morgan fingerprint density at radius 1 is 1.21 bits per heavy atom. The Kier molecular flexibility index (Phi) is 6.66. The van der Waals surface area contributed by atoms with Crippen LogP contribution in [0.15, 0.2) is 60.0 Å². The molecular weight excluding hydrogens is 372 g/mol. The lowest BCUT2D eigenvalue weighted by molar-refractivity contribution is 0.477. The summed E-state index contributed by atoms with van der Waals surface area (Å²) in [5.41, 5.74) is 2.11. The molecule has 0 atom stereocenters. The molecule has 0 amide bonds. The molecule has 0 aliphatic heterocycles. The number of aryl methyl sites for hydroxylation is 1. The van der Waals surface area contributed by atoms with Gasteiger partial charge in [-0.15, -0.1) is 0 Å². The first-order valence-corrected chi connectivity index (χ1v) is 9.64. The van der Waals surface area contributed by atoms with Gasteiger partial charge in [0.15, 0.2) is 5.96 Å². The summed E-state index contributed by atoms with van der Waals surface area (Å²) in [6.07, 6.45) is 5.53. The lowest BCUT2D eigenvalue weighted by Crippen LogP contribution is -2.38. The van der Waals surface area contributed by atoms with Crippen molar-refractivity contribution in [2.45, 2.75) is 26.9 Å². The fraction of sp³-hybridized carbons (Fsp3) is 0.286. The van der Waals surface area contributed by atoms with Gasteiger partial charge in [0.1, 0.15) is 11.6 Å². The van der Waals surface area contributed by atoms with Gasteiger partial charge >= 0.3 is 0 Å². The largest absolute Gasteiger partial charge is 0.357 e. The molecule has 0 unspecified atom stereocenters. The Hall–Kier alpha value is -2.86. The quantitative estimate of drug-likeness (QED) is 0.508. The zero-order valence-corrected chi connectivity index (χ0v) is 17.2. The van der Waals surface area contributed by atoms with Gasteiger partial charge in [0.2, 0.25) is 0 Å². The maximum Gasteiger partial charge on any atom is 0.194 e. The Balaban J connectivity index is 1.70. The number of nitrogens with zero attached hydrogens (tertiary/aromatic N) is 5. The Morgan fingerprint density at radius 2 is 2.04 bits per heavy atom. The lowest BCUT2D eigenvalue weighted by atomic mass is 10.2. The molecule has 3 aromatic rings. The average Bonchev–Trinajstić information content (AvgIpc) is 3.13. The van der Waals surface area contributed by atoms with E-state index in [0.717, 1.165) is 40.3 Å². The van der Waals surface area contributed by atoms with Gasteiger partial charge in [-0.05, 0) is 37.1 Å². The van der Waals surface area contributed by atoms with Crippen molar-refractivity contribution in [3.8, 4) is 5.82 Å². The number of hydrogen-bond acceptors (Lipinski definition) is 3. The summed E-state index contributed by atoms with van der Waals surface area (Å²) >= 11 is 6.29. The predicted octanol–water partition coefficient (Wildman–Crippen LogP) is 3.83. The van der Waals surface area contributed by atoms with Crippen molar-refractivity contribution in [2.24, 2.45) is 4.99 Å². The molecule has 7 heteroatoms. The molecule has 0 aliphatic carbocycles. The zero-order chi connectivity index (χ0) is 19.9. The van der Waals surface area contributed by atoms with E-state index < -0.39 is 0 Å². The summed E-state index contributed by atoms with van der Waals surface area (Å²) in [5.74, 6) is 2.59. The van der Waals surface area contributed by atoms with E-state index in [1.807, 2.05) is 67.3 Å². The van der Waals surface area contributed by atoms with E-state index in [2.05, 4.69) is 27.1 Å². The van der Waals surface area contributed by atoms with Gasteiger partial charge in [0, 0.05) is 43.8 Å². The number of nitrogens with one attached hydrogen (secondary N) is 1. The Labute approximate surface area is 170 Å². The van der Waals surface area contributed by atoms with Crippen molar-refractivity contribution in [1.29, 1.82) is 0 Å². The van der Waals surface area contributed by atoms with E-state index >= 15 is 0 Å². The van der Waals surface area contributed by atoms with Crippen LogP contribution in [-0.4, -0.2) is 39.0 Å². The third kappa shape index (κ3) is 4.89. The van der Waals surface area contributed by atoms with E-state index in [-0.39, 0.29) is 0 Å². The second-order valence-electron chi connectivity index (χ2n) is 6.49. The summed E-state index contributed by atoms with van der Waals surface area (Å²) in [7, 11) is 2.01. The minimum atomic E-state index is 0.547. The Morgan fingerprint density at radius 3 is 2.68 bits per heavy atom. The van der Waals surface area contributed by atoms with Gasteiger partial charge in [0.25, 0.3) is 0 Å². The number of guanidine groups is 1. The van der Waals surface area contributed by atoms with E-state index in [1.54, 1.807) is 6.20 Å². The highest BCUT2D eigenvalue weighted by atomic mass is 35.5. The molecule has 3 rings (SSSR count). The van der Waals surface area contributed by atoms with E-state index in [0.29, 0.717) is 13.1 Å². The highest BCUT2D eigenvalue weighted by Crippen LogP contribution is 2.16. The van der Waals surface area contributed by atoms with Crippen molar-refractivity contribution in [3.63, 3.8) is 0 Å². The highest BCUT2D eigenvalue weighted by molar-refractivity contribution is 6.31. The monoisotopic (exact) mass is 396 g/mol. The van der Waals surface area contributed by atoms with Crippen molar-refractivity contribution in [2.75, 3.05) is 13.6 Å². The van der Waals surface area contributed by atoms with Crippen molar-refractivity contribution in [3.05, 3.63) is 77.0 Å². The third-order valence-corrected chi connectivity index (χ3v) is 4.72. The lowest BCUT2D eigenvalue weighted by Gasteiger charge is -2.22. The molecule has 0 saturated heterocycles. The van der Waals surface area contributed by atoms with Crippen LogP contribution in [0, 0.1) is 6.92 Å². The first-order chi connectivity index (χ1) is 13.6. The maximum absolute atomic E-state index is 6.29. The van der Waals surface area contributed by atoms with Gasteiger partial charge in [-0.1, -0.05) is 35.9 Å². The molecule has 6 nitrogen and oxygen atoms in total. The normalized spacial score (nSPS) is 11.5. The van der Waals surface area contributed by atoms with Crippen LogP contribution in [-0.2, 0) is 13.1 Å². The first kappa shape index (κ1) is 19.9. The molecule has 28 heavy (non-hydrogen) atoms. The molecule has 1 aromatic carbocycles. The molecule has 2 heterocycles. The molecule has 0 aliphatic rings. The smallest absolute Gasteiger partial charge is 0.194 e. The van der Waals surface area contributed by atoms with Crippen molar-refractivity contribution < 1.29 is 0 Å². The van der Waals surface area contributed by atoms with Gasteiger partial charge in [-0.25, -0.2) is 15.0 Å². The molecular formula is C21H25ClN6. The van der Waals surface area contributed by atoms with Gasteiger partial charge in [0.05, 0.1) is 6.54 Å². The summed E-state index contributed by atoms with van der Waals surface area (Å²) in [6.45, 7) is 6.04. The second kappa shape index (κ2) is 9.37. The van der Waals surface area contributed by atoms with Crippen LogP contribution in [0.4, 0.5) is 0 Å². The number of aliphatic imine (C=N–C) groups is 1. The predicted molar refractivity (Wildman–Crippen MR) is 114 cm³/mol. The summed E-state index contributed by atoms with van der Waals surface area (Å²) in [4.78, 5) is 15.6. The minimum Gasteiger partial charge on any atom is -0.357 e. The molecule has 1 N–H and O–H groups in total. The fourth-order valence-electron chi connectivity index (χ4n) is 2.87. The topological polar surface area (TPSA) is 58.3 Å². The molecule has 0 fully saturated rings. The van der Waals surface area contributed by atoms with Gasteiger partial charge in [-0.3, -0.25) is 4.57 Å². The molecule has 0 radical (unpaired) electrons. The summed E-state index contributed by atoms with van der Waals surface area (Å²) in [6, 6.07) is 11.9. The number of benzene rings is 1. The van der Waals surface area contributed by atoms with Crippen LogP contribution < -0.4 is 5.32 Å². The van der Waals surface area contributed by atoms with E-state index in [1.165, 1.54) is 0 Å². The first-order valence-electron chi connectivity index (χ1n) is 9.26. The van der Waals surface area contributed by atoms with Crippen LogP contribution in [0.25, 0.3) is 5.82 Å². The standard InChI is InChI=1S/C21H25ClN6/c1-4-23-21(27(3)15-18-7-5-6-8-19(18)22)26-14-17-9-10-20(25-13-17)28-12-11-24-16(28)2/h5-13H,4,14-15H2,1-3H3,(H,23,26). The molecule has 2 aromatic heterocycles. The van der Waals surface area contributed by atoms with Crippen LogP contribution in [0.5, 0.6) is 0 Å². The van der Waals surface area contributed by atoms with Crippen LogP contribution in [0.2, 0.25) is 5.02 Å². The number of hydrogen-bond donors (Lipinski definition) is 1. The van der Waals surface area contributed by atoms with Crippen molar-refractivity contribution >= 4 is 17.6 Å². The van der Waals surface area contributed by atoms with Crippen LogP contribution >= 0.6 is 11.6 Å². The fourth-order valence-corrected chi connectivity index (χ4v) is 3.06. The third-order valence-electron chi connectivity index (χ3n) is 4.35. The van der Waals surface area contributed by atoms with Crippen LogP contribution in [0.1, 0.15) is 23.9 Å². The minimum absolute atomic E-state index is 0.547.